The van der Waals surface area contributed by atoms with Gasteiger partial charge in [-0.05, 0) is 60.4 Å². The largest absolute Gasteiger partial charge is 0.466 e. The van der Waals surface area contributed by atoms with E-state index in [4.69, 9.17) is 9.73 Å². The highest BCUT2D eigenvalue weighted by Crippen LogP contribution is 2.37. The summed E-state index contributed by atoms with van der Waals surface area (Å²) in [7, 11) is 0. The maximum atomic E-state index is 6.24. The minimum atomic E-state index is 0.119. The Morgan fingerprint density at radius 1 is 1.19 bits per heavy atom. The van der Waals surface area contributed by atoms with Gasteiger partial charge in [0.05, 0.1) is 6.04 Å². The van der Waals surface area contributed by atoms with E-state index in [9.17, 15) is 0 Å². The highest BCUT2D eigenvalue weighted by atomic mass is 127. The van der Waals surface area contributed by atoms with E-state index in [2.05, 4.69) is 47.7 Å². The number of allylic oxidation sites excluding steroid dienone is 1. The van der Waals surface area contributed by atoms with Crippen LogP contribution in [0.15, 0.2) is 45.0 Å². The fraction of sp³-hybridized carbons (Fsp3) is 0.500. The van der Waals surface area contributed by atoms with Crippen LogP contribution >= 0.6 is 22.6 Å². The number of ether oxygens (including phenoxy) is 1. The van der Waals surface area contributed by atoms with Crippen LogP contribution in [0.4, 0.5) is 0 Å². The number of halogens is 1. The minimum Gasteiger partial charge on any atom is -0.466 e. The number of hydrogen-bond acceptors (Lipinski definition) is 2. The summed E-state index contributed by atoms with van der Waals surface area (Å²) in [6, 6.07) is 10.6. The van der Waals surface area contributed by atoms with Crippen LogP contribution in [0.3, 0.4) is 0 Å². The number of benzene rings is 1. The van der Waals surface area contributed by atoms with Gasteiger partial charge >= 0.3 is 0 Å². The van der Waals surface area contributed by atoms with Gasteiger partial charge in [-0.2, -0.15) is 0 Å². The van der Waals surface area contributed by atoms with Crippen molar-refractivity contribution in [3.63, 3.8) is 0 Å². The standard InChI is InChI=1S/C18H22INO/c1-2-15(19)17-16(13-9-5-3-6-10-13)20-18(21-17)14-11-7-4-8-12-14/h2,4,7-8,11-13,16-17H,3,5-6,9-10H2,1H3/b15-2-/t16-,17-/m1/s1. The Balaban J connectivity index is 1.87. The fourth-order valence-electron chi connectivity index (χ4n) is 3.36. The van der Waals surface area contributed by atoms with E-state index in [1.54, 1.807) is 0 Å². The van der Waals surface area contributed by atoms with Gasteiger partial charge in [-0.3, -0.25) is 0 Å². The molecule has 2 atom stereocenters. The van der Waals surface area contributed by atoms with Crippen molar-refractivity contribution in [2.45, 2.75) is 51.2 Å². The number of aliphatic imine (C=N–C) groups is 1. The molecule has 112 valence electrons. The average Bonchev–Trinajstić information content (AvgIpc) is 3.01. The van der Waals surface area contributed by atoms with Crippen LogP contribution in [-0.4, -0.2) is 18.0 Å². The lowest BCUT2D eigenvalue weighted by molar-refractivity contribution is 0.185. The van der Waals surface area contributed by atoms with E-state index in [0.29, 0.717) is 12.0 Å². The monoisotopic (exact) mass is 395 g/mol. The summed E-state index contributed by atoms with van der Waals surface area (Å²) in [4.78, 5) is 4.98. The Morgan fingerprint density at radius 2 is 1.90 bits per heavy atom. The molecule has 1 aliphatic carbocycles. The molecule has 1 aromatic carbocycles. The molecule has 3 rings (SSSR count). The van der Waals surface area contributed by atoms with Crippen molar-refractivity contribution >= 4 is 28.5 Å². The van der Waals surface area contributed by atoms with E-state index >= 15 is 0 Å². The molecule has 0 radical (unpaired) electrons. The summed E-state index contributed by atoms with van der Waals surface area (Å²) < 4.78 is 7.52. The Bertz CT molecular complexity index is 531. The van der Waals surface area contributed by atoms with Gasteiger partial charge in [0.2, 0.25) is 5.90 Å². The second kappa shape index (κ2) is 6.95. The molecule has 1 fully saturated rings. The molecule has 0 spiro atoms. The summed E-state index contributed by atoms with van der Waals surface area (Å²) in [6.45, 7) is 2.09. The third kappa shape index (κ3) is 3.33. The molecule has 21 heavy (non-hydrogen) atoms. The Morgan fingerprint density at radius 3 is 2.57 bits per heavy atom. The van der Waals surface area contributed by atoms with Crippen LogP contribution in [0.5, 0.6) is 0 Å². The van der Waals surface area contributed by atoms with E-state index in [1.807, 2.05) is 18.2 Å². The Labute approximate surface area is 140 Å². The van der Waals surface area contributed by atoms with Crippen molar-refractivity contribution in [1.82, 2.24) is 0 Å². The van der Waals surface area contributed by atoms with Crippen molar-refractivity contribution in [2.24, 2.45) is 10.9 Å². The molecule has 0 saturated heterocycles. The molecule has 0 amide bonds. The molecule has 2 aliphatic rings. The molecule has 1 heterocycles. The lowest BCUT2D eigenvalue weighted by atomic mass is 9.82. The predicted molar refractivity (Wildman–Crippen MR) is 96.0 cm³/mol. The number of hydrogen-bond donors (Lipinski definition) is 0. The van der Waals surface area contributed by atoms with Crippen molar-refractivity contribution in [3.05, 3.63) is 45.6 Å². The van der Waals surface area contributed by atoms with Crippen molar-refractivity contribution < 1.29 is 4.74 Å². The summed E-state index contributed by atoms with van der Waals surface area (Å²) in [5.41, 5.74) is 1.10. The van der Waals surface area contributed by atoms with Gasteiger partial charge in [0.15, 0.2) is 6.10 Å². The number of nitrogens with zero attached hydrogens (tertiary/aromatic N) is 1. The quantitative estimate of drug-likeness (QED) is 0.651. The van der Waals surface area contributed by atoms with Crippen LogP contribution in [0.2, 0.25) is 0 Å². The zero-order chi connectivity index (χ0) is 14.7. The molecule has 1 saturated carbocycles. The summed E-state index contributed by atoms with van der Waals surface area (Å²) in [5, 5.41) is 0. The molecule has 0 aromatic heterocycles. The maximum Gasteiger partial charge on any atom is 0.217 e. The smallest absolute Gasteiger partial charge is 0.217 e. The third-order valence-corrected chi connectivity index (χ3v) is 5.75. The van der Waals surface area contributed by atoms with E-state index < -0.39 is 0 Å². The average molecular weight is 395 g/mol. The molecule has 0 unspecified atom stereocenters. The second-order valence-electron chi connectivity index (χ2n) is 5.90. The normalized spacial score (nSPS) is 27.3. The first-order valence-corrected chi connectivity index (χ1v) is 8.99. The van der Waals surface area contributed by atoms with Crippen LogP contribution in [0.25, 0.3) is 0 Å². The van der Waals surface area contributed by atoms with E-state index in [0.717, 1.165) is 11.5 Å². The lowest BCUT2D eigenvalue weighted by Gasteiger charge is -2.28. The van der Waals surface area contributed by atoms with Crippen LogP contribution in [-0.2, 0) is 4.74 Å². The molecular formula is C18H22INO. The predicted octanol–water partition coefficient (Wildman–Crippen LogP) is 5.12. The molecule has 2 nitrogen and oxygen atoms in total. The maximum absolute atomic E-state index is 6.24. The highest BCUT2D eigenvalue weighted by Gasteiger charge is 2.38. The van der Waals surface area contributed by atoms with Gasteiger partial charge < -0.3 is 4.74 Å². The second-order valence-corrected chi connectivity index (χ2v) is 7.15. The van der Waals surface area contributed by atoms with Gasteiger partial charge in [0.1, 0.15) is 0 Å². The van der Waals surface area contributed by atoms with Crippen molar-refractivity contribution in [3.8, 4) is 0 Å². The van der Waals surface area contributed by atoms with E-state index in [1.165, 1.54) is 35.7 Å². The first-order chi connectivity index (χ1) is 10.3. The van der Waals surface area contributed by atoms with Crippen LogP contribution < -0.4 is 0 Å². The first kappa shape index (κ1) is 15.1. The summed E-state index contributed by atoms with van der Waals surface area (Å²) in [6.07, 6.45) is 8.93. The van der Waals surface area contributed by atoms with E-state index in [-0.39, 0.29) is 6.10 Å². The Kier molecular flexibility index (Phi) is 4.99. The van der Waals surface area contributed by atoms with Crippen LogP contribution in [0, 0.1) is 5.92 Å². The number of rotatable bonds is 3. The molecular weight excluding hydrogens is 373 g/mol. The molecule has 1 aliphatic heterocycles. The van der Waals surface area contributed by atoms with Crippen molar-refractivity contribution in [1.29, 1.82) is 0 Å². The minimum absolute atomic E-state index is 0.119. The zero-order valence-corrected chi connectivity index (χ0v) is 14.6. The van der Waals surface area contributed by atoms with Gasteiger partial charge in [-0.1, -0.05) is 43.5 Å². The SMILES string of the molecule is C/C=C(\I)[C@H]1OC(c2ccccc2)=N[C@@H]1C1CCCCC1. The summed E-state index contributed by atoms with van der Waals surface area (Å²) >= 11 is 2.41. The lowest BCUT2D eigenvalue weighted by Crippen LogP contribution is -2.31. The topological polar surface area (TPSA) is 21.6 Å². The van der Waals surface area contributed by atoms with Crippen LogP contribution in [0.1, 0.15) is 44.6 Å². The first-order valence-electron chi connectivity index (χ1n) is 7.91. The van der Waals surface area contributed by atoms with Gasteiger partial charge in [0, 0.05) is 9.14 Å². The molecule has 3 heteroatoms. The molecule has 0 N–H and O–H groups in total. The third-order valence-electron chi connectivity index (χ3n) is 4.52. The highest BCUT2D eigenvalue weighted by molar-refractivity contribution is 14.1. The van der Waals surface area contributed by atoms with Gasteiger partial charge in [-0.15, -0.1) is 0 Å². The summed E-state index contributed by atoms with van der Waals surface area (Å²) in [5.74, 6) is 1.50. The Hall–Kier alpha value is -0.840. The van der Waals surface area contributed by atoms with Crippen molar-refractivity contribution in [2.75, 3.05) is 0 Å². The molecule has 0 bridgehead atoms. The van der Waals surface area contributed by atoms with Gasteiger partial charge in [0.25, 0.3) is 0 Å². The zero-order valence-electron chi connectivity index (χ0n) is 12.5. The van der Waals surface area contributed by atoms with Gasteiger partial charge in [-0.25, -0.2) is 4.99 Å². The molecule has 1 aromatic rings. The fourth-order valence-corrected chi connectivity index (χ4v) is 3.85.